The Morgan fingerprint density at radius 1 is 1.36 bits per heavy atom. The number of nitrogens with one attached hydrogen (secondary N) is 2. The molecule has 2 rings (SSSR count). The molecule has 0 saturated carbocycles. The molecule has 0 bridgehead atoms. The maximum Gasteiger partial charge on any atom is 0.174 e. The van der Waals surface area contributed by atoms with Crippen molar-refractivity contribution in [2.24, 2.45) is 5.92 Å². The first kappa shape index (κ1) is 7.10. The van der Waals surface area contributed by atoms with Crippen LogP contribution in [0.25, 0.3) is 0 Å². The summed E-state index contributed by atoms with van der Waals surface area (Å²) in [6.07, 6.45) is 3.60. The van der Waals surface area contributed by atoms with E-state index in [1.165, 1.54) is 17.8 Å². The summed E-state index contributed by atoms with van der Waals surface area (Å²) in [5, 5.41) is 0. The van der Waals surface area contributed by atoms with Crippen LogP contribution in [-0.2, 0) is 12.8 Å². The average Bonchev–Trinajstić information content (AvgIpc) is 2.27. The molecule has 1 atom stereocenters. The second-order valence-corrected chi connectivity index (χ2v) is 3.79. The summed E-state index contributed by atoms with van der Waals surface area (Å²) in [6, 6.07) is 0. The molecule has 0 aliphatic heterocycles. The van der Waals surface area contributed by atoms with Gasteiger partial charge in [0, 0.05) is 11.4 Å². The molecule has 11 heavy (non-hydrogen) atoms. The number of aryl methyl sites for hydroxylation is 1. The van der Waals surface area contributed by atoms with Gasteiger partial charge < -0.3 is 9.97 Å². The van der Waals surface area contributed by atoms with E-state index in [1.807, 2.05) is 0 Å². The van der Waals surface area contributed by atoms with Gasteiger partial charge in [-0.1, -0.05) is 6.92 Å². The molecule has 0 saturated heterocycles. The molecular weight excluding hydrogens is 156 g/mol. The number of aromatic nitrogens is 2. The third-order valence-electron chi connectivity index (χ3n) is 2.33. The van der Waals surface area contributed by atoms with Gasteiger partial charge in [0.1, 0.15) is 0 Å². The van der Waals surface area contributed by atoms with Crippen LogP contribution in [0.3, 0.4) is 0 Å². The second kappa shape index (κ2) is 2.48. The Bertz CT molecular complexity index is 310. The van der Waals surface area contributed by atoms with Gasteiger partial charge >= 0.3 is 0 Å². The molecule has 0 amide bonds. The van der Waals surface area contributed by atoms with Crippen molar-refractivity contribution in [1.82, 2.24) is 9.97 Å². The maximum absolute atomic E-state index is 5.01. The molecular formula is C8H12N2S. The Morgan fingerprint density at radius 2 is 2.09 bits per heavy atom. The molecule has 1 unspecified atom stereocenters. The summed E-state index contributed by atoms with van der Waals surface area (Å²) < 4.78 is 0.782. The van der Waals surface area contributed by atoms with Gasteiger partial charge in [-0.15, -0.1) is 0 Å². The number of aromatic amines is 2. The van der Waals surface area contributed by atoms with E-state index in [9.17, 15) is 0 Å². The van der Waals surface area contributed by atoms with Crippen molar-refractivity contribution in [3.8, 4) is 0 Å². The van der Waals surface area contributed by atoms with E-state index in [-0.39, 0.29) is 0 Å². The molecule has 0 radical (unpaired) electrons. The van der Waals surface area contributed by atoms with Crippen molar-refractivity contribution >= 4 is 12.2 Å². The Hall–Kier alpha value is -0.570. The van der Waals surface area contributed by atoms with Gasteiger partial charge in [0.15, 0.2) is 4.77 Å². The molecule has 2 N–H and O–H groups in total. The fourth-order valence-corrected chi connectivity index (χ4v) is 1.93. The van der Waals surface area contributed by atoms with Crippen LogP contribution in [0.4, 0.5) is 0 Å². The summed E-state index contributed by atoms with van der Waals surface area (Å²) in [5.74, 6) is 0.809. The van der Waals surface area contributed by atoms with E-state index in [2.05, 4.69) is 16.9 Å². The van der Waals surface area contributed by atoms with E-state index >= 15 is 0 Å². The van der Waals surface area contributed by atoms with E-state index < -0.39 is 0 Å². The molecule has 0 spiro atoms. The van der Waals surface area contributed by atoms with Crippen LogP contribution < -0.4 is 0 Å². The highest BCUT2D eigenvalue weighted by molar-refractivity contribution is 7.71. The SMILES string of the molecule is CC1CCc2[nH]c(=S)[nH]c2C1. The number of hydrogen-bond acceptors (Lipinski definition) is 1. The van der Waals surface area contributed by atoms with Crippen LogP contribution in [0.5, 0.6) is 0 Å². The summed E-state index contributed by atoms with van der Waals surface area (Å²) in [5.41, 5.74) is 2.65. The lowest BCUT2D eigenvalue weighted by molar-refractivity contribution is 0.492. The van der Waals surface area contributed by atoms with Crippen LogP contribution in [0.2, 0.25) is 0 Å². The zero-order valence-electron chi connectivity index (χ0n) is 6.61. The monoisotopic (exact) mass is 168 g/mol. The molecule has 2 nitrogen and oxygen atoms in total. The minimum Gasteiger partial charge on any atom is -0.334 e. The fraction of sp³-hybridized carbons (Fsp3) is 0.625. The van der Waals surface area contributed by atoms with Gasteiger partial charge in [-0.05, 0) is 37.4 Å². The molecule has 1 heterocycles. The standard InChI is InChI=1S/C8H12N2S/c1-5-2-3-6-7(4-5)10-8(11)9-6/h5H,2-4H2,1H3,(H2,9,10,11). The predicted octanol–water partition coefficient (Wildman–Crippen LogP) is 2.20. The number of fused-ring (bicyclic) bond motifs is 1. The first-order valence-corrected chi connectivity index (χ1v) is 4.46. The van der Waals surface area contributed by atoms with Crippen LogP contribution >= 0.6 is 12.2 Å². The zero-order valence-corrected chi connectivity index (χ0v) is 7.42. The maximum atomic E-state index is 5.01. The Kier molecular flexibility index (Phi) is 1.60. The Morgan fingerprint density at radius 3 is 2.91 bits per heavy atom. The number of hydrogen-bond donors (Lipinski definition) is 2. The molecule has 1 aromatic heterocycles. The van der Waals surface area contributed by atoms with E-state index in [0.717, 1.165) is 23.5 Å². The highest BCUT2D eigenvalue weighted by atomic mass is 32.1. The van der Waals surface area contributed by atoms with Crippen molar-refractivity contribution in [1.29, 1.82) is 0 Å². The van der Waals surface area contributed by atoms with Crippen LogP contribution in [0, 0.1) is 10.7 Å². The third-order valence-corrected chi connectivity index (χ3v) is 2.54. The van der Waals surface area contributed by atoms with Gasteiger partial charge in [0.05, 0.1) is 0 Å². The molecule has 1 aliphatic carbocycles. The van der Waals surface area contributed by atoms with Crippen molar-refractivity contribution < 1.29 is 0 Å². The van der Waals surface area contributed by atoms with Gasteiger partial charge in [-0.3, -0.25) is 0 Å². The molecule has 0 aromatic carbocycles. The van der Waals surface area contributed by atoms with E-state index in [1.54, 1.807) is 0 Å². The Labute approximate surface area is 71.0 Å². The molecule has 0 fully saturated rings. The predicted molar refractivity (Wildman–Crippen MR) is 47.2 cm³/mol. The highest BCUT2D eigenvalue weighted by Gasteiger charge is 2.16. The summed E-state index contributed by atoms with van der Waals surface area (Å²) in [4.78, 5) is 6.36. The lowest BCUT2D eigenvalue weighted by Gasteiger charge is -2.16. The van der Waals surface area contributed by atoms with Crippen molar-refractivity contribution in [3.63, 3.8) is 0 Å². The molecule has 1 aliphatic rings. The van der Waals surface area contributed by atoms with Gasteiger partial charge in [0.25, 0.3) is 0 Å². The number of H-pyrrole nitrogens is 2. The van der Waals surface area contributed by atoms with Gasteiger partial charge in [0.2, 0.25) is 0 Å². The first-order chi connectivity index (χ1) is 5.25. The lowest BCUT2D eigenvalue weighted by Crippen LogP contribution is -2.10. The fourth-order valence-electron chi connectivity index (χ4n) is 1.69. The molecule has 1 aromatic rings. The summed E-state index contributed by atoms with van der Waals surface area (Å²) in [6.45, 7) is 2.28. The number of rotatable bonds is 0. The van der Waals surface area contributed by atoms with Crippen LogP contribution in [-0.4, -0.2) is 9.97 Å². The minimum absolute atomic E-state index is 0.782. The third kappa shape index (κ3) is 1.25. The van der Waals surface area contributed by atoms with Crippen molar-refractivity contribution in [3.05, 3.63) is 16.2 Å². The van der Waals surface area contributed by atoms with E-state index in [0.29, 0.717) is 0 Å². The van der Waals surface area contributed by atoms with Gasteiger partial charge in [-0.25, -0.2) is 0 Å². The molecule has 60 valence electrons. The average molecular weight is 168 g/mol. The zero-order chi connectivity index (χ0) is 7.84. The van der Waals surface area contributed by atoms with Crippen LogP contribution in [0.1, 0.15) is 24.7 Å². The Balaban J connectivity index is 2.41. The number of imidazole rings is 1. The smallest absolute Gasteiger partial charge is 0.174 e. The second-order valence-electron chi connectivity index (χ2n) is 3.38. The largest absolute Gasteiger partial charge is 0.334 e. The minimum atomic E-state index is 0.782. The summed E-state index contributed by atoms with van der Waals surface area (Å²) >= 11 is 5.01. The van der Waals surface area contributed by atoms with Gasteiger partial charge in [-0.2, -0.15) is 0 Å². The quantitative estimate of drug-likeness (QED) is 0.572. The molecule has 3 heteroatoms. The normalized spacial score (nSPS) is 23.2. The first-order valence-electron chi connectivity index (χ1n) is 4.06. The van der Waals surface area contributed by atoms with Crippen LogP contribution in [0.15, 0.2) is 0 Å². The van der Waals surface area contributed by atoms with E-state index in [4.69, 9.17) is 12.2 Å². The van der Waals surface area contributed by atoms with Crippen molar-refractivity contribution in [2.75, 3.05) is 0 Å². The van der Waals surface area contributed by atoms with Crippen molar-refractivity contribution in [2.45, 2.75) is 26.2 Å². The topological polar surface area (TPSA) is 31.6 Å². The highest BCUT2D eigenvalue weighted by Crippen LogP contribution is 2.22. The lowest BCUT2D eigenvalue weighted by atomic mass is 9.92. The summed E-state index contributed by atoms with van der Waals surface area (Å²) in [7, 11) is 0.